The van der Waals surface area contributed by atoms with Gasteiger partial charge in [-0.15, -0.1) is 0 Å². The number of pyridine rings is 1. The van der Waals surface area contributed by atoms with E-state index in [0.717, 1.165) is 23.7 Å². The molecule has 0 saturated carbocycles. The van der Waals surface area contributed by atoms with Gasteiger partial charge in [0.15, 0.2) is 23.1 Å². The highest BCUT2D eigenvalue weighted by Crippen LogP contribution is 2.43. The van der Waals surface area contributed by atoms with Crippen molar-refractivity contribution < 1.29 is 36.9 Å². The molecular weight excluding hydrogens is 567 g/mol. The van der Waals surface area contributed by atoms with Gasteiger partial charge in [-0.2, -0.15) is 0 Å². The first-order chi connectivity index (χ1) is 20.0. The van der Waals surface area contributed by atoms with E-state index in [1.165, 1.54) is 12.3 Å². The number of nitrogens with zero attached hydrogens (tertiary/aromatic N) is 2. The van der Waals surface area contributed by atoms with Gasteiger partial charge >= 0.3 is 6.09 Å². The monoisotopic (exact) mass is 599 g/mol. The number of aromatic nitrogens is 2. The third-order valence-electron chi connectivity index (χ3n) is 6.76. The van der Waals surface area contributed by atoms with Crippen molar-refractivity contribution in [2.45, 2.75) is 44.7 Å². The Morgan fingerprint density at radius 1 is 1.12 bits per heavy atom. The molecule has 8 nitrogen and oxygen atoms in total. The van der Waals surface area contributed by atoms with E-state index in [9.17, 15) is 4.79 Å². The molecule has 1 aliphatic heterocycles. The van der Waals surface area contributed by atoms with Crippen molar-refractivity contribution in [2.24, 2.45) is 0 Å². The van der Waals surface area contributed by atoms with Gasteiger partial charge in [-0.25, -0.2) is 22.9 Å². The Bertz CT molecular complexity index is 1550. The largest absolute Gasteiger partial charge is 0.450 e. The van der Waals surface area contributed by atoms with E-state index in [2.05, 4.69) is 29.9 Å². The smallest absolute Gasteiger partial charge is 0.411 e. The highest BCUT2D eigenvalue weighted by molar-refractivity contribution is 6.76. The summed E-state index contributed by atoms with van der Waals surface area (Å²) in [4.78, 5) is 16.6. The number of alkyl halides is 1. The molecule has 3 heterocycles. The number of hydrogen-bond acceptors (Lipinski definition) is 6. The third kappa shape index (κ3) is 6.77. The minimum absolute atomic E-state index is 0.0106. The quantitative estimate of drug-likeness (QED) is 0.143. The van der Waals surface area contributed by atoms with Crippen LogP contribution in [0, 0.1) is 11.6 Å². The summed E-state index contributed by atoms with van der Waals surface area (Å²) in [6, 6.07) is 13.2. The highest BCUT2D eigenvalue weighted by atomic mass is 28.3. The Kier molecular flexibility index (Phi) is 8.57. The zero-order valence-electron chi connectivity index (χ0n) is 23.6. The zero-order valence-corrected chi connectivity index (χ0v) is 24.6. The lowest BCUT2D eigenvalue weighted by Gasteiger charge is -2.33. The van der Waals surface area contributed by atoms with Crippen LogP contribution in [0.5, 0.6) is 11.5 Å². The van der Waals surface area contributed by atoms with Gasteiger partial charge in [0.2, 0.25) is 0 Å². The van der Waals surface area contributed by atoms with E-state index in [4.69, 9.17) is 18.9 Å². The lowest BCUT2D eigenvalue weighted by molar-refractivity contribution is -0.134. The van der Waals surface area contributed by atoms with Crippen LogP contribution in [0.3, 0.4) is 0 Å². The number of ether oxygens (including phenoxy) is 4. The Morgan fingerprint density at radius 3 is 2.48 bits per heavy atom. The van der Waals surface area contributed by atoms with E-state index in [1.54, 1.807) is 35.0 Å². The predicted molar refractivity (Wildman–Crippen MR) is 154 cm³/mol. The van der Waals surface area contributed by atoms with Crippen molar-refractivity contribution in [3.8, 4) is 11.5 Å². The normalized spacial score (nSPS) is 14.4. The molecule has 1 aliphatic rings. The van der Waals surface area contributed by atoms with Crippen molar-refractivity contribution in [2.75, 3.05) is 25.1 Å². The SMILES string of the molecule is C[Si](C)(C)CCOCn1cc(C2(F)COC2)c2c(Oc3c(F)cc(NC(=O)OCc4ccccc4)cc3F)ccnc21. The van der Waals surface area contributed by atoms with Crippen molar-refractivity contribution in [1.29, 1.82) is 0 Å². The van der Waals surface area contributed by atoms with Gasteiger partial charge in [0, 0.05) is 44.8 Å². The van der Waals surface area contributed by atoms with Gasteiger partial charge in [0.05, 0.1) is 24.3 Å². The summed E-state index contributed by atoms with van der Waals surface area (Å²) in [6.45, 7) is 7.05. The molecule has 2 aromatic carbocycles. The lowest BCUT2D eigenvalue weighted by Crippen LogP contribution is -2.42. The lowest BCUT2D eigenvalue weighted by atomic mass is 9.94. The molecular formula is C30H32F3N3O5Si. The average molecular weight is 600 g/mol. The Balaban J connectivity index is 1.37. The van der Waals surface area contributed by atoms with Crippen molar-refractivity contribution >= 4 is 30.9 Å². The number of benzene rings is 2. The van der Waals surface area contributed by atoms with Gasteiger partial charge < -0.3 is 23.5 Å². The molecule has 0 unspecified atom stereocenters. The number of nitrogens with one attached hydrogen (secondary N) is 1. The van der Waals surface area contributed by atoms with Gasteiger partial charge in [-0.05, 0) is 17.7 Å². The fourth-order valence-electron chi connectivity index (χ4n) is 4.40. The van der Waals surface area contributed by atoms with E-state index in [0.29, 0.717) is 12.3 Å². The second-order valence-electron chi connectivity index (χ2n) is 11.4. The second kappa shape index (κ2) is 12.2. The number of fused-ring (bicyclic) bond motifs is 1. The number of halogens is 3. The maximum atomic E-state index is 15.7. The van der Waals surface area contributed by atoms with Crippen LogP contribution in [0.2, 0.25) is 25.7 Å². The van der Waals surface area contributed by atoms with E-state index in [1.807, 2.05) is 6.07 Å². The van der Waals surface area contributed by atoms with Crippen LogP contribution < -0.4 is 10.1 Å². The van der Waals surface area contributed by atoms with Gasteiger partial charge in [-0.3, -0.25) is 5.32 Å². The molecule has 4 aromatic rings. The van der Waals surface area contributed by atoms with Crippen molar-refractivity contribution in [1.82, 2.24) is 9.55 Å². The minimum Gasteiger partial charge on any atom is -0.450 e. The molecule has 5 rings (SSSR count). The summed E-state index contributed by atoms with van der Waals surface area (Å²) in [5.41, 5.74) is -0.631. The van der Waals surface area contributed by atoms with Crippen LogP contribution in [0.4, 0.5) is 23.7 Å². The summed E-state index contributed by atoms with van der Waals surface area (Å²) in [5, 5.41) is 2.58. The topological polar surface area (TPSA) is 83.8 Å². The second-order valence-corrected chi connectivity index (χ2v) is 17.0. The number of rotatable bonds is 11. The van der Waals surface area contributed by atoms with E-state index in [-0.39, 0.29) is 48.9 Å². The van der Waals surface area contributed by atoms with E-state index < -0.39 is 37.2 Å². The molecule has 0 bridgehead atoms. The molecule has 0 spiro atoms. The average Bonchev–Trinajstić information content (AvgIpc) is 3.30. The molecule has 12 heteroatoms. The summed E-state index contributed by atoms with van der Waals surface area (Å²) in [5.74, 6) is -2.85. The van der Waals surface area contributed by atoms with Crippen LogP contribution in [0.15, 0.2) is 60.9 Å². The Labute approximate surface area is 242 Å². The number of carbonyl (C=O) groups is 1. The third-order valence-corrected chi connectivity index (χ3v) is 8.46. The zero-order chi connectivity index (χ0) is 29.9. The number of hydrogen-bond donors (Lipinski definition) is 1. The predicted octanol–water partition coefficient (Wildman–Crippen LogP) is 7.36. The number of amides is 1. The fraction of sp³-hybridized carbons (Fsp3) is 0.333. The first kappa shape index (κ1) is 29.6. The standard InChI is InChI=1S/C30H32F3N3O5Si/c1-42(2,3)12-11-38-19-36-15-22(30(33)17-39-18-30)26-25(9-10-34-28(26)36)41-27-23(31)13-21(14-24(27)32)35-29(37)40-16-20-7-5-4-6-8-20/h4-10,13-15H,11-12,16-19H2,1-3H3,(H,35,37). The molecule has 0 radical (unpaired) electrons. The van der Waals surface area contributed by atoms with Crippen LogP contribution in [-0.2, 0) is 33.2 Å². The van der Waals surface area contributed by atoms with Crippen LogP contribution in [0.1, 0.15) is 11.1 Å². The molecule has 0 atom stereocenters. The van der Waals surface area contributed by atoms with Gasteiger partial charge in [0.1, 0.15) is 24.7 Å². The van der Waals surface area contributed by atoms with Gasteiger partial charge in [-0.1, -0.05) is 50.0 Å². The maximum Gasteiger partial charge on any atom is 0.411 e. The maximum absolute atomic E-state index is 15.7. The highest BCUT2D eigenvalue weighted by Gasteiger charge is 2.44. The van der Waals surface area contributed by atoms with Crippen LogP contribution in [0.25, 0.3) is 11.0 Å². The van der Waals surface area contributed by atoms with E-state index >= 15 is 13.2 Å². The molecule has 0 aliphatic carbocycles. The Hall–Kier alpha value is -3.87. The van der Waals surface area contributed by atoms with Crippen molar-refractivity contribution in [3.05, 3.63) is 83.7 Å². The first-order valence-electron chi connectivity index (χ1n) is 13.5. The van der Waals surface area contributed by atoms with Crippen molar-refractivity contribution in [3.63, 3.8) is 0 Å². The first-order valence-corrected chi connectivity index (χ1v) is 17.2. The summed E-state index contributed by atoms with van der Waals surface area (Å²) < 4.78 is 69.4. The molecule has 1 N–H and O–H groups in total. The van der Waals surface area contributed by atoms with Gasteiger partial charge in [0.25, 0.3) is 0 Å². The molecule has 1 fully saturated rings. The summed E-state index contributed by atoms with van der Waals surface area (Å²) in [7, 11) is -1.31. The molecule has 2 aromatic heterocycles. The molecule has 42 heavy (non-hydrogen) atoms. The fourth-order valence-corrected chi connectivity index (χ4v) is 5.16. The summed E-state index contributed by atoms with van der Waals surface area (Å²) >= 11 is 0. The minimum atomic E-state index is -1.81. The molecule has 222 valence electrons. The van der Waals surface area contributed by atoms with Crippen LogP contribution >= 0.6 is 0 Å². The Morgan fingerprint density at radius 2 is 1.83 bits per heavy atom. The molecule has 1 saturated heterocycles. The van der Waals surface area contributed by atoms with Crippen LogP contribution in [-0.4, -0.2) is 43.5 Å². The number of anilines is 1. The number of carbonyl (C=O) groups excluding carboxylic acids is 1. The molecule has 1 amide bonds. The summed E-state index contributed by atoms with van der Waals surface area (Å²) in [6.07, 6.45) is 2.12.